The number of carbonyl (C=O) groups is 2. The molecule has 1 unspecified atom stereocenters. The van der Waals surface area contributed by atoms with Gasteiger partial charge in [-0.15, -0.1) is 0 Å². The number of amides is 3. The van der Waals surface area contributed by atoms with E-state index in [0.717, 1.165) is 0 Å². The number of isothiocyanates is 1. The Morgan fingerprint density at radius 2 is 2.36 bits per heavy atom. The Labute approximate surface area is 67.9 Å². The van der Waals surface area contributed by atoms with E-state index < -0.39 is 12.2 Å². The average molecular weight is 171 g/mol. The van der Waals surface area contributed by atoms with Crippen molar-refractivity contribution in [2.45, 2.75) is 12.6 Å². The number of hydrogen-bond donors (Lipinski definition) is 2. The van der Waals surface area contributed by atoms with E-state index in [4.69, 9.17) is 0 Å². The minimum absolute atomic E-state index is 0.120. The molecule has 6 heteroatoms. The SMILES string of the molecule is O=C1CC(N=C=S)NC(=O)N1. The molecule has 0 aromatic heterocycles. The number of urea groups is 1. The molecule has 1 rings (SSSR count). The highest BCUT2D eigenvalue weighted by Gasteiger charge is 2.22. The smallest absolute Gasteiger partial charge is 0.315 e. The molecule has 0 aromatic rings. The van der Waals surface area contributed by atoms with Gasteiger partial charge in [0, 0.05) is 0 Å². The molecule has 1 saturated heterocycles. The van der Waals surface area contributed by atoms with Crippen molar-refractivity contribution in [3.8, 4) is 0 Å². The van der Waals surface area contributed by atoms with Crippen molar-refractivity contribution < 1.29 is 9.59 Å². The third-order valence-corrected chi connectivity index (χ3v) is 1.24. The lowest BCUT2D eigenvalue weighted by Gasteiger charge is -2.17. The van der Waals surface area contributed by atoms with Crippen molar-refractivity contribution in [3.05, 3.63) is 0 Å². The van der Waals surface area contributed by atoms with Crippen molar-refractivity contribution in [1.82, 2.24) is 10.6 Å². The highest BCUT2D eigenvalue weighted by Crippen LogP contribution is 1.97. The van der Waals surface area contributed by atoms with Gasteiger partial charge in [0.25, 0.3) is 0 Å². The number of imide groups is 1. The third-order valence-electron chi connectivity index (χ3n) is 1.14. The van der Waals surface area contributed by atoms with Gasteiger partial charge in [0.15, 0.2) is 0 Å². The molecule has 1 heterocycles. The van der Waals surface area contributed by atoms with Crippen LogP contribution >= 0.6 is 12.2 Å². The first kappa shape index (κ1) is 7.84. The number of hydrogen-bond acceptors (Lipinski definition) is 4. The molecule has 1 aliphatic rings. The summed E-state index contributed by atoms with van der Waals surface area (Å²) in [4.78, 5) is 24.8. The molecule has 0 bridgehead atoms. The van der Waals surface area contributed by atoms with Crippen molar-refractivity contribution in [3.63, 3.8) is 0 Å². The van der Waals surface area contributed by atoms with Gasteiger partial charge in [-0.2, -0.15) is 0 Å². The van der Waals surface area contributed by atoms with Crippen LogP contribution in [0.15, 0.2) is 4.99 Å². The summed E-state index contributed by atoms with van der Waals surface area (Å²) in [6.45, 7) is 0. The zero-order chi connectivity index (χ0) is 8.27. The number of nitrogens with one attached hydrogen (secondary N) is 2. The number of thiocarbonyl (C=S) groups is 1. The molecule has 0 radical (unpaired) electrons. The number of nitrogens with zero attached hydrogens (tertiary/aromatic N) is 1. The second kappa shape index (κ2) is 3.23. The maximum Gasteiger partial charge on any atom is 0.323 e. The fraction of sp³-hybridized carbons (Fsp3) is 0.400. The molecular formula is C5H5N3O2S. The quantitative estimate of drug-likeness (QED) is 0.418. The Bertz CT molecular complexity index is 230. The molecule has 58 valence electrons. The minimum Gasteiger partial charge on any atom is -0.315 e. The van der Waals surface area contributed by atoms with E-state index in [0.29, 0.717) is 0 Å². The standard InChI is InChI=1S/C5H5N3O2S/c9-4-1-3(6-2-11)7-5(10)8-4/h3H,1H2,(H2,7,8,9,10). The lowest BCUT2D eigenvalue weighted by atomic mass is 10.3. The second-order valence-electron chi connectivity index (χ2n) is 1.96. The zero-order valence-electron chi connectivity index (χ0n) is 5.46. The molecule has 0 aromatic carbocycles. The van der Waals surface area contributed by atoms with Crippen LogP contribution in [0.4, 0.5) is 4.79 Å². The van der Waals surface area contributed by atoms with E-state index in [1.807, 2.05) is 0 Å². The molecule has 2 N–H and O–H groups in total. The largest absolute Gasteiger partial charge is 0.323 e. The van der Waals surface area contributed by atoms with Crippen LogP contribution in [0.25, 0.3) is 0 Å². The second-order valence-corrected chi connectivity index (χ2v) is 2.14. The monoisotopic (exact) mass is 171 g/mol. The molecule has 1 fully saturated rings. The van der Waals surface area contributed by atoms with Crippen LogP contribution in [-0.4, -0.2) is 23.3 Å². The van der Waals surface area contributed by atoms with Crippen LogP contribution in [0.1, 0.15) is 6.42 Å². The Morgan fingerprint density at radius 3 is 2.91 bits per heavy atom. The van der Waals surface area contributed by atoms with E-state index >= 15 is 0 Å². The van der Waals surface area contributed by atoms with Gasteiger partial charge in [-0.1, -0.05) is 0 Å². The van der Waals surface area contributed by atoms with Crippen LogP contribution in [0.5, 0.6) is 0 Å². The molecule has 0 saturated carbocycles. The average Bonchev–Trinajstić information content (AvgIpc) is 1.85. The van der Waals surface area contributed by atoms with Gasteiger partial charge in [0.2, 0.25) is 5.91 Å². The van der Waals surface area contributed by atoms with Crippen LogP contribution in [0.2, 0.25) is 0 Å². The Kier molecular flexibility index (Phi) is 2.30. The first-order chi connectivity index (χ1) is 5.22. The topological polar surface area (TPSA) is 70.6 Å². The van der Waals surface area contributed by atoms with Gasteiger partial charge in [-0.05, 0) is 12.2 Å². The molecule has 1 atom stereocenters. The Morgan fingerprint density at radius 1 is 1.64 bits per heavy atom. The van der Waals surface area contributed by atoms with E-state index in [9.17, 15) is 9.59 Å². The summed E-state index contributed by atoms with van der Waals surface area (Å²) >= 11 is 4.31. The maximum absolute atomic E-state index is 10.7. The summed E-state index contributed by atoms with van der Waals surface area (Å²) in [7, 11) is 0. The summed E-state index contributed by atoms with van der Waals surface area (Å²) in [6.07, 6.45) is -0.427. The van der Waals surface area contributed by atoms with Crippen molar-refractivity contribution >= 4 is 29.3 Å². The van der Waals surface area contributed by atoms with Crippen molar-refractivity contribution in [2.75, 3.05) is 0 Å². The van der Waals surface area contributed by atoms with E-state index in [-0.39, 0.29) is 12.3 Å². The molecular weight excluding hydrogens is 166 g/mol. The summed E-state index contributed by atoms with van der Waals surface area (Å²) in [6, 6.07) is -0.541. The predicted molar refractivity (Wildman–Crippen MR) is 40.1 cm³/mol. The van der Waals surface area contributed by atoms with E-state index in [2.05, 4.69) is 33.0 Å². The van der Waals surface area contributed by atoms with Gasteiger partial charge in [-0.25, -0.2) is 9.79 Å². The molecule has 1 aliphatic heterocycles. The van der Waals surface area contributed by atoms with Gasteiger partial charge >= 0.3 is 6.03 Å². The molecule has 11 heavy (non-hydrogen) atoms. The van der Waals surface area contributed by atoms with Crippen LogP contribution in [-0.2, 0) is 4.79 Å². The van der Waals surface area contributed by atoms with Gasteiger partial charge in [0.1, 0.15) is 6.17 Å². The van der Waals surface area contributed by atoms with Crippen LogP contribution in [0, 0.1) is 0 Å². The lowest BCUT2D eigenvalue weighted by molar-refractivity contribution is -0.121. The molecule has 3 amide bonds. The lowest BCUT2D eigenvalue weighted by Crippen LogP contribution is -2.51. The number of carbonyl (C=O) groups excluding carboxylic acids is 2. The fourth-order valence-corrected chi connectivity index (χ4v) is 0.860. The summed E-state index contributed by atoms with van der Waals surface area (Å²) < 4.78 is 0. The molecule has 5 nitrogen and oxygen atoms in total. The van der Waals surface area contributed by atoms with Crippen molar-refractivity contribution in [2.24, 2.45) is 4.99 Å². The van der Waals surface area contributed by atoms with E-state index in [1.54, 1.807) is 0 Å². The summed E-state index contributed by atoms with van der Waals surface area (Å²) in [5.41, 5.74) is 0. The first-order valence-corrected chi connectivity index (χ1v) is 3.30. The number of rotatable bonds is 1. The maximum atomic E-state index is 10.7. The number of aliphatic imine (C=N–C) groups is 1. The van der Waals surface area contributed by atoms with Gasteiger partial charge in [0.05, 0.1) is 11.6 Å². The summed E-state index contributed by atoms with van der Waals surface area (Å²) in [5, 5.41) is 6.53. The highest BCUT2D eigenvalue weighted by molar-refractivity contribution is 7.78. The summed E-state index contributed by atoms with van der Waals surface area (Å²) in [5.74, 6) is -0.354. The molecule has 0 spiro atoms. The van der Waals surface area contributed by atoms with Crippen molar-refractivity contribution in [1.29, 1.82) is 0 Å². The fourth-order valence-electron chi connectivity index (χ4n) is 0.733. The van der Waals surface area contributed by atoms with Crippen LogP contribution < -0.4 is 10.6 Å². The zero-order valence-corrected chi connectivity index (χ0v) is 6.27. The van der Waals surface area contributed by atoms with E-state index in [1.165, 1.54) is 0 Å². The predicted octanol–water partition coefficient (Wildman–Crippen LogP) is -0.355. The minimum atomic E-state index is -0.547. The van der Waals surface area contributed by atoms with Crippen LogP contribution in [0.3, 0.4) is 0 Å². The van der Waals surface area contributed by atoms with Gasteiger partial charge < -0.3 is 5.32 Å². The Balaban J connectivity index is 2.63. The first-order valence-electron chi connectivity index (χ1n) is 2.89. The Hall–Kier alpha value is -1.26. The highest BCUT2D eigenvalue weighted by atomic mass is 32.1. The third kappa shape index (κ3) is 2.10. The van der Waals surface area contributed by atoms with Gasteiger partial charge in [-0.3, -0.25) is 10.1 Å². The normalized spacial score (nSPS) is 23.1. The molecule has 0 aliphatic carbocycles.